The molecule has 0 aliphatic heterocycles. The maximum atomic E-state index is 6.48. The van der Waals surface area contributed by atoms with Crippen LogP contribution in [-0.2, 0) is 19.6 Å². The van der Waals surface area contributed by atoms with E-state index >= 15 is 0 Å². The fourth-order valence-corrected chi connectivity index (χ4v) is 3.82. The summed E-state index contributed by atoms with van der Waals surface area (Å²) in [5.74, 6) is 1.81. The van der Waals surface area contributed by atoms with Crippen molar-refractivity contribution < 1.29 is 9.47 Å². The molecule has 3 aromatic rings. The normalized spacial score (nSPS) is 10.8. The van der Waals surface area contributed by atoms with Gasteiger partial charge < -0.3 is 14.9 Å². The number of hydrogen-bond acceptors (Lipinski definition) is 5. The zero-order valence-electron chi connectivity index (χ0n) is 16.5. The Bertz CT molecular complexity index is 1080. The summed E-state index contributed by atoms with van der Waals surface area (Å²) >= 11 is 23.9. The van der Waals surface area contributed by atoms with Gasteiger partial charge in [-0.15, -0.1) is 0 Å². The van der Waals surface area contributed by atoms with Crippen molar-refractivity contribution in [3.05, 3.63) is 67.1 Å². The molecule has 0 atom stereocenters. The van der Waals surface area contributed by atoms with E-state index in [-0.39, 0.29) is 6.61 Å². The Morgan fingerprint density at radius 2 is 1.97 bits per heavy atom. The van der Waals surface area contributed by atoms with E-state index in [2.05, 4.69) is 22.5 Å². The van der Waals surface area contributed by atoms with Crippen LogP contribution in [0.1, 0.15) is 30.3 Å². The molecule has 0 aliphatic carbocycles. The Kier molecular flexibility index (Phi) is 7.88. The van der Waals surface area contributed by atoms with Crippen molar-refractivity contribution in [3.8, 4) is 11.5 Å². The summed E-state index contributed by atoms with van der Waals surface area (Å²) in [6, 6.07) is 8.92. The minimum absolute atomic E-state index is 0.230. The van der Waals surface area contributed by atoms with E-state index in [0.29, 0.717) is 37.9 Å². The Morgan fingerprint density at radius 3 is 2.67 bits per heavy atom. The molecule has 160 valence electrons. The lowest BCUT2D eigenvalue weighted by molar-refractivity contribution is 0.284. The highest BCUT2D eigenvalue weighted by molar-refractivity contribution is 7.71. The number of aromatic amines is 1. The van der Waals surface area contributed by atoms with Crippen LogP contribution in [-0.4, -0.2) is 22.0 Å². The average Bonchev–Trinajstić information content (AvgIpc) is 3.06. The number of halogens is 3. The molecule has 30 heavy (non-hydrogen) atoms. The second-order valence-electron chi connectivity index (χ2n) is 6.50. The third-order valence-corrected chi connectivity index (χ3v) is 5.47. The van der Waals surface area contributed by atoms with Crippen LogP contribution >= 0.6 is 47.0 Å². The lowest BCUT2D eigenvalue weighted by atomic mass is 10.2. The van der Waals surface area contributed by atoms with Crippen molar-refractivity contribution in [1.29, 1.82) is 0 Å². The second-order valence-corrected chi connectivity index (χ2v) is 8.14. The fourth-order valence-electron chi connectivity index (χ4n) is 2.86. The molecule has 3 rings (SSSR count). The topological polar surface area (TPSA) is 64.1 Å². The van der Waals surface area contributed by atoms with Gasteiger partial charge >= 0.3 is 0 Å². The van der Waals surface area contributed by atoms with Crippen LogP contribution in [0.3, 0.4) is 0 Å². The molecule has 0 aliphatic rings. The predicted molar refractivity (Wildman–Crippen MR) is 123 cm³/mol. The van der Waals surface area contributed by atoms with Gasteiger partial charge in [0.15, 0.2) is 17.3 Å². The van der Waals surface area contributed by atoms with Crippen molar-refractivity contribution >= 4 is 47.0 Å². The maximum absolute atomic E-state index is 6.48. The van der Waals surface area contributed by atoms with E-state index in [1.54, 1.807) is 23.9 Å². The first-order chi connectivity index (χ1) is 14.4. The molecule has 0 unspecified atom stereocenters. The summed E-state index contributed by atoms with van der Waals surface area (Å²) in [7, 11) is 1.57. The van der Waals surface area contributed by atoms with E-state index in [9.17, 15) is 0 Å². The van der Waals surface area contributed by atoms with E-state index in [1.807, 2.05) is 18.2 Å². The molecular weight excluding hydrogens is 467 g/mol. The van der Waals surface area contributed by atoms with Crippen molar-refractivity contribution in [2.45, 2.75) is 32.9 Å². The minimum Gasteiger partial charge on any atom is -0.493 e. The summed E-state index contributed by atoms with van der Waals surface area (Å²) < 4.78 is 13.7. The number of nitrogens with zero attached hydrogens (tertiary/aromatic N) is 2. The molecule has 2 N–H and O–H groups in total. The SMILES string of the molecule is CCCc1n[nH]c(=S)n1NCc1cc(Cl)c(OCc2ccc(Cl)cc2Cl)c(OC)c1. The number of rotatable bonds is 9. The maximum Gasteiger partial charge on any atom is 0.214 e. The van der Waals surface area contributed by atoms with Gasteiger partial charge in [0, 0.05) is 22.0 Å². The molecule has 2 aromatic carbocycles. The monoisotopic (exact) mass is 486 g/mol. The molecule has 10 heteroatoms. The third kappa shape index (κ3) is 5.40. The quantitative estimate of drug-likeness (QED) is 0.353. The first-order valence-electron chi connectivity index (χ1n) is 9.26. The number of aromatic nitrogens is 3. The van der Waals surface area contributed by atoms with E-state index in [0.717, 1.165) is 29.8 Å². The lowest BCUT2D eigenvalue weighted by Crippen LogP contribution is -2.17. The van der Waals surface area contributed by atoms with Gasteiger partial charge in [0.1, 0.15) is 6.61 Å². The highest BCUT2D eigenvalue weighted by Gasteiger charge is 2.14. The number of nitrogens with one attached hydrogen (secondary N) is 2. The molecule has 0 spiro atoms. The second kappa shape index (κ2) is 10.4. The Labute approximate surface area is 195 Å². The predicted octanol–water partition coefficient (Wildman–Crippen LogP) is 6.18. The minimum atomic E-state index is 0.230. The van der Waals surface area contributed by atoms with Crippen LogP contribution in [0.15, 0.2) is 30.3 Å². The lowest BCUT2D eigenvalue weighted by Gasteiger charge is -2.16. The summed E-state index contributed by atoms with van der Waals surface area (Å²) in [4.78, 5) is 0. The molecule has 1 aromatic heterocycles. The van der Waals surface area contributed by atoms with Gasteiger partial charge in [-0.05, 0) is 48.5 Å². The molecule has 1 heterocycles. The van der Waals surface area contributed by atoms with Crippen LogP contribution in [0, 0.1) is 4.77 Å². The van der Waals surface area contributed by atoms with Gasteiger partial charge in [0.05, 0.1) is 18.7 Å². The first kappa shape index (κ1) is 22.7. The van der Waals surface area contributed by atoms with Crippen LogP contribution in [0.25, 0.3) is 0 Å². The summed E-state index contributed by atoms with van der Waals surface area (Å²) in [6.07, 6.45) is 1.77. The standard InChI is InChI=1S/C20H21Cl3N4O2S/c1-3-4-18-25-26-20(30)27(18)24-10-12-7-16(23)19(17(8-12)28-2)29-11-13-5-6-14(21)9-15(13)22/h5-9,24H,3-4,10-11H2,1-2H3,(H,26,30). The molecule has 0 fully saturated rings. The van der Waals surface area contributed by atoms with Gasteiger partial charge in [-0.2, -0.15) is 5.10 Å². The van der Waals surface area contributed by atoms with Gasteiger partial charge in [0.25, 0.3) is 0 Å². The molecular formula is C20H21Cl3N4O2S. The zero-order chi connectivity index (χ0) is 21.7. The highest BCUT2D eigenvalue weighted by Crippen LogP contribution is 2.37. The molecule has 0 amide bonds. The van der Waals surface area contributed by atoms with Gasteiger partial charge in [0.2, 0.25) is 4.77 Å². The number of aryl methyl sites for hydroxylation is 1. The third-order valence-electron chi connectivity index (χ3n) is 4.33. The average molecular weight is 488 g/mol. The number of H-pyrrole nitrogens is 1. The van der Waals surface area contributed by atoms with Gasteiger partial charge in [-0.1, -0.05) is 47.8 Å². The molecule has 0 saturated heterocycles. The number of ether oxygens (including phenoxy) is 2. The summed E-state index contributed by atoms with van der Waals surface area (Å²) in [5.41, 5.74) is 4.96. The largest absolute Gasteiger partial charge is 0.493 e. The van der Waals surface area contributed by atoms with Crippen LogP contribution in [0.5, 0.6) is 11.5 Å². The molecule has 0 saturated carbocycles. The van der Waals surface area contributed by atoms with Crippen molar-refractivity contribution in [2.75, 3.05) is 12.5 Å². The molecule has 0 bridgehead atoms. The molecule has 0 radical (unpaired) electrons. The first-order valence-corrected chi connectivity index (χ1v) is 10.8. The van der Waals surface area contributed by atoms with Gasteiger partial charge in [-0.25, -0.2) is 4.68 Å². The fraction of sp³-hybridized carbons (Fsp3) is 0.300. The Balaban J connectivity index is 1.75. The van der Waals surface area contributed by atoms with Crippen molar-refractivity contribution in [2.24, 2.45) is 0 Å². The highest BCUT2D eigenvalue weighted by atomic mass is 35.5. The van der Waals surface area contributed by atoms with Crippen LogP contribution in [0.4, 0.5) is 0 Å². The zero-order valence-corrected chi connectivity index (χ0v) is 19.6. The Morgan fingerprint density at radius 1 is 1.17 bits per heavy atom. The van der Waals surface area contributed by atoms with E-state index in [4.69, 9.17) is 56.5 Å². The summed E-state index contributed by atoms with van der Waals surface area (Å²) in [6.45, 7) is 2.79. The van der Waals surface area contributed by atoms with Crippen LogP contribution in [0.2, 0.25) is 15.1 Å². The van der Waals surface area contributed by atoms with Gasteiger partial charge in [-0.3, -0.25) is 5.10 Å². The van der Waals surface area contributed by atoms with Crippen molar-refractivity contribution in [3.63, 3.8) is 0 Å². The number of benzene rings is 2. The van der Waals surface area contributed by atoms with E-state index in [1.165, 1.54) is 0 Å². The number of hydrogen-bond donors (Lipinski definition) is 2. The van der Waals surface area contributed by atoms with Crippen LogP contribution < -0.4 is 14.9 Å². The summed E-state index contributed by atoms with van der Waals surface area (Å²) in [5, 5.41) is 8.57. The van der Waals surface area contributed by atoms with E-state index < -0.39 is 0 Å². The smallest absolute Gasteiger partial charge is 0.214 e. The molecule has 6 nitrogen and oxygen atoms in total. The Hall–Kier alpha value is -1.93. The number of methoxy groups -OCH3 is 1. The van der Waals surface area contributed by atoms with Crippen molar-refractivity contribution in [1.82, 2.24) is 14.9 Å².